The maximum absolute atomic E-state index is 12.8. The molecule has 5 heteroatoms. The van der Waals surface area contributed by atoms with Crippen molar-refractivity contribution in [3.63, 3.8) is 0 Å². The predicted molar refractivity (Wildman–Crippen MR) is 93.8 cm³/mol. The van der Waals surface area contributed by atoms with Crippen molar-refractivity contribution in [2.75, 3.05) is 31.1 Å². The standard InChI is InChI=1S/C19H26N4O/c1-3-17-20-13(2)10-18(21-17)22-6-8-23(9-7-22)19(24)16-12-14-4-5-15(16)11-14/h4-5,10,14-16H,3,6-9,11-12H2,1-2H3/t14-,15+,16-/m1/s1. The number of anilines is 1. The lowest BCUT2D eigenvalue weighted by Gasteiger charge is -2.37. The van der Waals surface area contributed by atoms with Crippen LogP contribution in [0.25, 0.3) is 0 Å². The Morgan fingerprint density at radius 2 is 1.96 bits per heavy atom. The number of fused-ring (bicyclic) bond motifs is 2. The number of amides is 1. The third-order valence-corrected chi connectivity index (χ3v) is 5.71. The number of piperazine rings is 1. The molecule has 5 nitrogen and oxygen atoms in total. The van der Waals surface area contributed by atoms with Gasteiger partial charge in [-0.15, -0.1) is 0 Å². The molecule has 24 heavy (non-hydrogen) atoms. The van der Waals surface area contributed by atoms with Gasteiger partial charge in [-0.05, 0) is 31.6 Å². The first-order chi connectivity index (χ1) is 11.6. The van der Waals surface area contributed by atoms with Gasteiger partial charge < -0.3 is 9.80 Å². The molecular formula is C19H26N4O. The number of rotatable bonds is 3. The summed E-state index contributed by atoms with van der Waals surface area (Å²) in [6.07, 6.45) is 7.67. The second kappa shape index (κ2) is 6.19. The molecule has 1 aromatic heterocycles. The van der Waals surface area contributed by atoms with Crippen molar-refractivity contribution in [2.24, 2.45) is 17.8 Å². The Balaban J connectivity index is 1.39. The Kier molecular flexibility index (Phi) is 4.02. The van der Waals surface area contributed by atoms with E-state index in [0.29, 0.717) is 17.7 Å². The van der Waals surface area contributed by atoms with Crippen molar-refractivity contribution in [1.82, 2.24) is 14.9 Å². The molecule has 1 saturated carbocycles. The van der Waals surface area contributed by atoms with E-state index in [1.54, 1.807) is 0 Å². The number of hydrogen-bond donors (Lipinski definition) is 0. The highest BCUT2D eigenvalue weighted by molar-refractivity contribution is 5.80. The van der Waals surface area contributed by atoms with Crippen molar-refractivity contribution in [2.45, 2.75) is 33.1 Å². The maximum atomic E-state index is 12.8. The number of carbonyl (C=O) groups is 1. The highest BCUT2D eigenvalue weighted by Crippen LogP contribution is 2.44. The molecule has 3 aliphatic rings. The van der Waals surface area contributed by atoms with Gasteiger partial charge in [-0.3, -0.25) is 4.79 Å². The fourth-order valence-corrected chi connectivity index (χ4v) is 4.39. The minimum atomic E-state index is 0.236. The minimum absolute atomic E-state index is 0.236. The molecule has 0 radical (unpaired) electrons. The number of nitrogens with zero attached hydrogens (tertiary/aromatic N) is 4. The molecule has 2 aliphatic carbocycles. The van der Waals surface area contributed by atoms with Gasteiger partial charge in [0.1, 0.15) is 11.6 Å². The van der Waals surface area contributed by atoms with Crippen LogP contribution in [0.4, 0.5) is 5.82 Å². The number of allylic oxidation sites excluding steroid dienone is 2. The first kappa shape index (κ1) is 15.6. The van der Waals surface area contributed by atoms with Crippen molar-refractivity contribution in [3.05, 3.63) is 29.7 Å². The Morgan fingerprint density at radius 3 is 2.58 bits per heavy atom. The topological polar surface area (TPSA) is 49.3 Å². The van der Waals surface area contributed by atoms with Crippen LogP contribution in [0.1, 0.15) is 31.3 Å². The zero-order valence-corrected chi connectivity index (χ0v) is 14.6. The van der Waals surface area contributed by atoms with Crippen molar-refractivity contribution in [1.29, 1.82) is 0 Å². The quantitative estimate of drug-likeness (QED) is 0.799. The van der Waals surface area contributed by atoms with Gasteiger partial charge in [-0.2, -0.15) is 0 Å². The molecule has 2 bridgehead atoms. The van der Waals surface area contributed by atoms with Gasteiger partial charge in [-0.25, -0.2) is 9.97 Å². The lowest BCUT2D eigenvalue weighted by atomic mass is 9.92. The molecule has 2 fully saturated rings. The van der Waals surface area contributed by atoms with Crippen molar-refractivity contribution < 1.29 is 4.79 Å². The van der Waals surface area contributed by atoms with Gasteiger partial charge in [-0.1, -0.05) is 19.1 Å². The molecule has 0 N–H and O–H groups in total. The van der Waals surface area contributed by atoms with Crippen LogP contribution in [0.15, 0.2) is 18.2 Å². The summed E-state index contributed by atoms with van der Waals surface area (Å²) in [5.41, 5.74) is 1.02. The number of aromatic nitrogens is 2. The SMILES string of the molecule is CCc1nc(C)cc(N2CCN(C(=O)[C@@H]3C[C@@H]4C=C[C@H]3C4)CC2)n1. The molecule has 3 atom stereocenters. The van der Waals surface area contributed by atoms with E-state index in [1.807, 2.05) is 6.92 Å². The molecule has 1 aliphatic heterocycles. The normalized spacial score (nSPS) is 28.7. The van der Waals surface area contributed by atoms with Crippen LogP contribution in [0.5, 0.6) is 0 Å². The summed E-state index contributed by atoms with van der Waals surface area (Å²) >= 11 is 0. The summed E-state index contributed by atoms with van der Waals surface area (Å²) < 4.78 is 0. The van der Waals surface area contributed by atoms with E-state index < -0.39 is 0 Å². The number of carbonyl (C=O) groups excluding carboxylic acids is 1. The van der Waals surface area contributed by atoms with Gasteiger partial charge in [0, 0.05) is 50.3 Å². The van der Waals surface area contributed by atoms with Crippen LogP contribution >= 0.6 is 0 Å². The van der Waals surface area contributed by atoms with E-state index in [-0.39, 0.29) is 5.92 Å². The lowest BCUT2D eigenvalue weighted by molar-refractivity contribution is -0.136. The van der Waals surface area contributed by atoms with Crippen LogP contribution in [0.2, 0.25) is 0 Å². The summed E-state index contributed by atoms with van der Waals surface area (Å²) in [6.45, 7) is 7.44. The average Bonchev–Trinajstić information content (AvgIpc) is 3.24. The summed E-state index contributed by atoms with van der Waals surface area (Å²) in [4.78, 5) is 26.3. The average molecular weight is 326 g/mol. The zero-order valence-electron chi connectivity index (χ0n) is 14.6. The molecule has 1 saturated heterocycles. The van der Waals surface area contributed by atoms with E-state index in [2.05, 4.69) is 44.9 Å². The Morgan fingerprint density at radius 1 is 1.17 bits per heavy atom. The summed E-state index contributed by atoms with van der Waals surface area (Å²) in [5.74, 6) is 3.67. The largest absolute Gasteiger partial charge is 0.353 e. The highest BCUT2D eigenvalue weighted by Gasteiger charge is 2.41. The van der Waals surface area contributed by atoms with Crippen LogP contribution in [0, 0.1) is 24.7 Å². The van der Waals surface area contributed by atoms with Crippen LogP contribution in [-0.4, -0.2) is 47.0 Å². The summed E-state index contributed by atoms with van der Waals surface area (Å²) in [5, 5.41) is 0. The summed E-state index contributed by atoms with van der Waals surface area (Å²) in [6, 6.07) is 2.05. The molecule has 2 heterocycles. The Labute approximate surface area is 143 Å². The van der Waals surface area contributed by atoms with Crippen LogP contribution in [-0.2, 0) is 11.2 Å². The molecule has 4 rings (SSSR count). The van der Waals surface area contributed by atoms with Crippen LogP contribution in [0.3, 0.4) is 0 Å². The maximum Gasteiger partial charge on any atom is 0.226 e. The summed E-state index contributed by atoms with van der Waals surface area (Å²) in [7, 11) is 0. The second-order valence-corrected chi connectivity index (χ2v) is 7.34. The van der Waals surface area contributed by atoms with Crippen molar-refractivity contribution >= 4 is 11.7 Å². The van der Waals surface area contributed by atoms with E-state index in [9.17, 15) is 4.79 Å². The van der Waals surface area contributed by atoms with E-state index in [0.717, 1.165) is 56.4 Å². The van der Waals surface area contributed by atoms with Gasteiger partial charge >= 0.3 is 0 Å². The number of hydrogen-bond acceptors (Lipinski definition) is 4. The molecule has 0 unspecified atom stereocenters. The van der Waals surface area contributed by atoms with Crippen molar-refractivity contribution in [3.8, 4) is 0 Å². The lowest BCUT2D eigenvalue weighted by Crippen LogP contribution is -2.51. The monoisotopic (exact) mass is 326 g/mol. The smallest absolute Gasteiger partial charge is 0.226 e. The Hall–Kier alpha value is -1.91. The van der Waals surface area contributed by atoms with Crippen LogP contribution < -0.4 is 4.90 Å². The first-order valence-corrected chi connectivity index (χ1v) is 9.20. The fraction of sp³-hybridized carbons (Fsp3) is 0.632. The Bertz CT molecular complexity index is 663. The number of aryl methyl sites for hydroxylation is 2. The van der Waals surface area contributed by atoms with Gasteiger partial charge in [0.05, 0.1) is 0 Å². The molecule has 0 spiro atoms. The zero-order chi connectivity index (χ0) is 16.7. The molecule has 1 amide bonds. The third-order valence-electron chi connectivity index (χ3n) is 5.71. The van der Waals surface area contributed by atoms with E-state index in [4.69, 9.17) is 0 Å². The van der Waals surface area contributed by atoms with Gasteiger partial charge in [0.2, 0.25) is 5.91 Å². The molecule has 1 aromatic rings. The second-order valence-electron chi connectivity index (χ2n) is 7.34. The van der Waals surface area contributed by atoms with E-state index in [1.165, 1.54) is 6.42 Å². The van der Waals surface area contributed by atoms with Gasteiger partial charge in [0.15, 0.2) is 0 Å². The molecular weight excluding hydrogens is 300 g/mol. The molecule has 0 aromatic carbocycles. The van der Waals surface area contributed by atoms with E-state index >= 15 is 0 Å². The van der Waals surface area contributed by atoms with Gasteiger partial charge in [0.25, 0.3) is 0 Å². The first-order valence-electron chi connectivity index (χ1n) is 9.20. The third kappa shape index (κ3) is 2.80. The molecule has 128 valence electrons. The predicted octanol–water partition coefficient (Wildman–Crippen LogP) is 2.21. The minimum Gasteiger partial charge on any atom is -0.353 e. The highest BCUT2D eigenvalue weighted by atomic mass is 16.2. The fourth-order valence-electron chi connectivity index (χ4n) is 4.39.